The Hall–Kier alpha value is -1.03. The molecule has 3 nitrogen and oxygen atoms in total. The van der Waals surface area contributed by atoms with Gasteiger partial charge in [-0.2, -0.15) is 0 Å². The third kappa shape index (κ3) is 4.47. The molecule has 0 fully saturated rings. The molecule has 1 unspecified atom stereocenters. The number of aromatic nitrogens is 1. The third-order valence-corrected chi connectivity index (χ3v) is 4.05. The number of likely N-dealkylation sites (N-methyl/N-ethyl adjacent to an activating group) is 1. The molecule has 21 heavy (non-hydrogen) atoms. The van der Waals surface area contributed by atoms with E-state index in [9.17, 15) is 0 Å². The van der Waals surface area contributed by atoms with Crippen LogP contribution < -0.4 is 5.32 Å². The number of nitrogens with zero attached hydrogens (tertiary/aromatic N) is 1. The molecule has 0 saturated carbocycles. The number of halogens is 1. The molecule has 2 aromatic rings. The van der Waals surface area contributed by atoms with Crippen molar-refractivity contribution in [3.05, 3.63) is 35.0 Å². The fraction of sp³-hybridized carbons (Fsp3) is 0.529. The molecule has 0 aliphatic rings. The van der Waals surface area contributed by atoms with Gasteiger partial charge in [-0.15, -0.1) is 0 Å². The van der Waals surface area contributed by atoms with Crippen LogP contribution in [0, 0.1) is 5.92 Å². The van der Waals surface area contributed by atoms with Crippen molar-refractivity contribution in [2.24, 2.45) is 5.92 Å². The van der Waals surface area contributed by atoms with Gasteiger partial charge in [0.2, 0.25) is 0 Å². The Kier molecular flexibility index (Phi) is 5.68. The van der Waals surface area contributed by atoms with Gasteiger partial charge in [0.15, 0.2) is 0 Å². The van der Waals surface area contributed by atoms with Gasteiger partial charge in [-0.05, 0) is 32.5 Å². The van der Waals surface area contributed by atoms with Gasteiger partial charge in [-0.1, -0.05) is 43.6 Å². The van der Waals surface area contributed by atoms with Crippen LogP contribution in [0.25, 0.3) is 10.9 Å². The van der Waals surface area contributed by atoms with Crippen molar-refractivity contribution in [3.8, 4) is 0 Å². The van der Waals surface area contributed by atoms with E-state index in [1.165, 1.54) is 0 Å². The van der Waals surface area contributed by atoms with Crippen molar-refractivity contribution in [2.45, 2.75) is 32.9 Å². The highest BCUT2D eigenvalue weighted by Crippen LogP contribution is 2.27. The summed E-state index contributed by atoms with van der Waals surface area (Å²) in [5, 5.41) is 5.58. The van der Waals surface area contributed by atoms with E-state index in [1.54, 1.807) is 0 Å². The number of para-hydroxylation sites is 1. The van der Waals surface area contributed by atoms with E-state index >= 15 is 0 Å². The lowest BCUT2D eigenvalue weighted by Crippen LogP contribution is -2.38. The van der Waals surface area contributed by atoms with Gasteiger partial charge in [0.05, 0.1) is 5.02 Å². The summed E-state index contributed by atoms with van der Waals surface area (Å²) in [7, 11) is 4.23. The molecule has 0 radical (unpaired) electrons. The second-order valence-electron chi connectivity index (χ2n) is 6.43. The average molecular weight is 308 g/mol. The topological polar surface area (TPSA) is 31.1 Å². The van der Waals surface area contributed by atoms with Crippen molar-refractivity contribution in [1.82, 2.24) is 15.2 Å². The Morgan fingerprint density at radius 1 is 1.24 bits per heavy atom. The Balaban J connectivity index is 2.06. The lowest BCUT2D eigenvalue weighted by atomic mass is 10.0. The van der Waals surface area contributed by atoms with E-state index in [2.05, 4.69) is 55.3 Å². The standard InChI is InChI=1S/C17H26ClN3/c1-12(2)9-13(11-21(3)4)19-10-16-17(18)14-7-5-6-8-15(14)20-16/h5-8,12-13,19-20H,9-11H2,1-4H3. The lowest BCUT2D eigenvalue weighted by Gasteiger charge is -2.24. The zero-order chi connectivity index (χ0) is 15.4. The van der Waals surface area contributed by atoms with E-state index in [4.69, 9.17) is 11.6 Å². The van der Waals surface area contributed by atoms with Crippen LogP contribution in [0.15, 0.2) is 24.3 Å². The Labute approximate surface area is 132 Å². The number of nitrogens with one attached hydrogen (secondary N) is 2. The zero-order valence-corrected chi connectivity index (χ0v) is 14.2. The molecule has 0 aliphatic carbocycles. The maximum Gasteiger partial charge on any atom is 0.0705 e. The monoisotopic (exact) mass is 307 g/mol. The zero-order valence-electron chi connectivity index (χ0n) is 13.4. The van der Waals surface area contributed by atoms with Gasteiger partial charge in [0.1, 0.15) is 0 Å². The number of aromatic amines is 1. The van der Waals surface area contributed by atoms with Crippen LogP contribution in [-0.4, -0.2) is 36.6 Å². The molecule has 0 amide bonds. The molecule has 0 saturated heterocycles. The Bertz CT molecular complexity index is 564. The van der Waals surface area contributed by atoms with Crippen LogP contribution in [0.3, 0.4) is 0 Å². The predicted molar refractivity (Wildman–Crippen MR) is 91.9 cm³/mol. The van der Waals surface area contributed by atoms with Gasteiger partial charge >= 0.3 is 0 Å². The molecule has 1 atom stereocenters. The maximum atomic E-state index is 6.47. The number of hydrogen-bond acceptors (Lipinski definition) is 2. The summed E-state index contributed by atoms with van der Waals surface area (Å²) in [4.78, 5) is 5.65. The molecule has 1 aromatic carbocycles. The van der Waals surface area contributed by atoms with Gasteiger partial charge in [-0.3, -0.25) is 0 Å². The number of fused-ring (bicyclic) bond motifs is 1. The number of H-pyrrole nitrogens is 1. The second-order valence-corrected chi connectivity index (χ2v) is 6.81. The molecule has 0 aliphatic heterocycles. The maximum absolute atomic E-state index is 6.47. The quantitative estimate of drug-likeness (QED) is 0.813. The summed E-state index contributed by atoms with van der Waals surface area (Å²) in [5.41, 5.74) is 2.18. The summed E-state index contributed by atoms with van der Waals surface area (Å²) < 4.78 is 0. The lowest BCUT2D eigenvalue weighted by molar-refractivity contribution is 0.304. The van der Waals surface area contributed by atoms with Crippen molar-refractivity contribution < 1.29 is 0 Å². The van der Waals surface area contributed by atoms with Crippen LogP contribution in [0.2, 0.25) is 5.02 Å². The van der Waals surface area contributed by atoms with Crippen molar-refractivity contribution in [2.75, 3.05) is 20.6 Å². The molecular formula is C17H26ClN3. The van der Waals surface area contributed by atoms with Gasteiger partial charge in [0, 0.05) is 35.7 Å². The fourth-order valence-corrected chi connectivity index (χ4v) is 3.04. The minimum atomic E-state index is 0.475. The van der Waals surface area contributed by atoms with Crippen molar-refractivity contribution in [3.63, 3.8) is 0 Å². The van der Waals surface area contributed by atoms with Gasteiger partial charge < -0.3 is 15.2 Å². The molecule has 116 valence electrons. The molecule has 0 spiro atoms. The minimum Gasteiger partial charge on any atom is -0.356 e. The van der Waals surface area contributed by atoms with E-state index in [0.717, 1.165) is 41.1 Å². The first-order valence-corrected chi connectivity index (χ1v) is 7.98. The van der Waals surface area contributed by atoms with E-state index in [0.29, 0.717) is 12.0 Å². The van der Waals surface area contributed by atoms with Crippen LogP contribution in [-0.2, 0) is 6.54 Å². The number of hydrogen-bond donors (Lipinski definition) is 2. The Morgan fingerprint density at radius 2 is 1.95 bits per heavy atom. The smallest absolute Gasteiger partial charge is 0.0705 e. The normalized spacial score (nSPS) is 13.5. The molecular weight excluding hydrogens is 282 g/mol. The molecule has 2 rings (SSSR count). The number of benzene rings is 1. The molecule has 0 bridgehead atoms. The molecule has 1 heterocycles. The van der Waals surface area contributed by atoms with Crippen LogP contribution in [0.4, 0.5) is 0 Å². The minimum absolute atomic E-state index is 0.475. The Morgan fingerprint density at radius 3 is 2.57 bits per heavy atom. The van der Waals surface area contributed by atoms with E-state index < -0.39 is 0 Å². The first kappa shape index (κ1) is 16.3. The van der Waals surface area contributed by atoms with Crippen LogP contribution in [0.5, 0.6) is 0 Å². The largest absolute Gasteiger partial charge is 0.356 e. The van der Waals surface area contributed by atoms with Crippen molar-refractivity contribution in [1.29, 1.82) is 0 Å². The highest BCUT2D eigenvalue weighted by molar-refractivity contribution is 6.36. The SMILES string of the molecule is CC(C)CC(CN(C)C)NCc1[nH]c2ccccc2c1Cl. The fourth-order valence-electron chi connectivity index (χ4n) is 2.76. The van der Waals surface area contributed by atoms with Crippen LogP contribution >= 0.6 is 11.6 Å². The van der Waals surface area contributed by atoms with Crippen LogP contribution in [0.1, 0.15) is 26.0 Å². The molecule has 4 heteroatoms. The van der Waals surface area contributed by atoms with E-state index in [-0.39, 0.29) is 0 Å². The molecule has 1 aromatic heterocycles. The average Bonchev–Trinajstić information content (AvgIpc) is 2.72. The summed E-state index contributed by atoms with van der Waals surface area (Å²) in [5.74, 6) is 0.681. The summed E-state index contributed by atoms with van der Waals surface area (Å²) in [6.45, 7) is 6.34. The molecule has 2 N–H and O–H groups in total. The first-order chi connectivity index (χ1) is 9.97. The van der Waals surface area contributed by atoms with Gasteiger partial charge in [0.25, 0.3) is 0 Å². The second kappa shape index (κ2) is 7.30. The summed E-state index contributed by atoms with van der Waals surface area (Å²) >= 11 is 6.47. The predicted octanol–water partition coefficient (Wildman–Crippen LogP) is 3.89. The van der Waals surface area contributed by atoms with Crippen molar-refractivity contribution >= 4 is 22.5 Å². The summed E-state index contributed by atoms with van der Waals surface area (Å²) in [6, 6.07) is 8.65. The summed E-state index contributed by atoms with van der Waals surface area (Å²) in [6.07, 6.45) is 1.16. The first-order valence-electron chi connectivity index (χ1n) is 7.60. The van der Waals surface area contributed by atoms with E-state index in [1.807, 2.05) is 12.1 Å². The highest BCUT2D eigenvalue weighted by Gasteiger charge is 2.14. The highest BCUT2D eigenvalue weighted by atomic mass is 35.5. The number of rotatable bonds is 7. The van der Waals surface area contributed by atoms with Gasteiger partial charge in [-0.25, -0.2) is 0 Å². The third-order valence-electron chi connectivity index (χ3n) is 3.62.